The van der Waals surface area contributed by atoms with Crippen LogP contribution in [0, 0.1) is 0 Å². The van der Waals surface area contributed by atoms with Crippen molar-refractivity contribution in [1.82, 2.24) is 10.4 Å². The van der Waals surface area contributed by atoms with Crippen molar-refractivity contribution in [2.24, 2.45) is 5.10 Å². The number of halogens is 3. The Morgan fingerprint density at radius 2 is 1.84 bits per heavy atom. The average Bonchev–Trinajstić information content (AvgIpc) is 2.61. The van der Waals surface area contributed by atoms with Crippen LogP contribution < -0.4 is 5.43 Å². The van der Waals surface area contributed by atoms with Gasteiger partial charge in [-0.1, -0.05) is 36.4 Å². The minimum Gasteiger partial charge on any atom is -0.266 e. The largest absolute Gasteiger partial charge is 0.416 e. The fourth-order valence-electron chi connectivity index (χ4n) is 2.21. The third-order valence-corrected chi connectivity index (χ3v) is 3.42. The van der Waals surface area contributed by atoms with Gasteiger partial charge in [0.05, 0.1) is 17.3 Å². The van der Waals surface area contributed by atoms with Crippen molar-refractivity contribution in [2.75, 3.05) is 0 Å². The molecule has 0 aliphatic heterocycles. The van der Waals surface area contributed by atoms with Crippen LogP contribution in [0.15, 0.2) is 65.8 Å². The summed E-state index contributed by atoms with van der Waals surface area (Å²) in [6.45, 7) is 0. The molecule has 25 heavy (non-hydrogen) atoms. The number of amides is 1. The number of carbonyl (C=O) groups excluding carboxylic acids is 1. The maximum absolute atomic E-state index is 12.6. The number of hydrogen-bond donors (Lipinski definition) is 1. The number of para-hydroxylation sites is 1. The molecule has 0 saturated heterocycles. The zero-order chi connectivity index (χ0) is 17.9. The second kappa shape index (κ2) is 6.72. The van der Waals surface area contributed by atoms with E-state index in [1.807, 2.05) is 18.2 Å². The molecule has 0 aliphatic carbocycles. The van der Waals surface area contributed by atoms with E-state index in [9.17, 15) is 18.0 Å². The predicted octanol–water partition coefficient (Wildman–Crippen LogP) is 4.02. The molecule has 0 radical (unpaired) electrons. The van der Waals surface area contributed by atoms with E-state index in [2.05, 4.69) is 15.5 Å². The van der Waals surface area contributed by atoms with Gasteiger partial charge in [0.1, 0.15) is 5.69 Å². The van der Waals surface area contributed by atoms with E-state index in [0.717, 1.165) is 23.7 Å². The van der Waals surface area contributed by atoms with E-state index >= 15 is 0 Å². The molecule has 126 valence electrons. The van der Waals surface area contributed by atoms with Crippen LogP contribution in [-0.4, -0.2) is 17.1 Å². The average molecular weight is 343 g/mol. The summed E-state index contributed by atoms with van der Waals surface area (Å²) in [5, 5.41) is 4.58. The molecule has 0 unspecified atom stereocenters. The summed E-state index contributed by atoms with van der Waals surface area (Å²) in [4.78, 5) is 16.2. The Bertz CT molecular complexity index is 951. The van der Waals surface area contributed by atoms with E-state index in [0.29, 0.717) is 5.52 Å². The SMILES string of the molecule is O=C(N/N=C\c1cccc(C(F)(F)F)c1)c1ccc2ccccc2n1. The Morgan fingerprint density at radius 3 is 2.64 bits per heavy atom. The van der Waals surface area contributed by atoms with E-state index in [1.54, 1.807) is 18.2 Å². The van der Waals surface area contributed by atoms with Crippen molar-refractivity contribution < 1.29 is 18.0 Å². The third kappa shape index (κ3) is 4.00. The molecule has 3 rings (SSSR count). The molecular formula is C18H12F3N3O. The molecule has 0 aliphatic rings. The zero-order valence-corrected chi connectivity index (χ0v) is 12.8. The minimum absolute atomic E-state index is 0.167. The lowest BCUT2D eigenvalue weighted by Crippen LogP contribution is -2.19. The predicted molar refractivity (Wildman–Crippen MR) is 88.2 cm³/mol. The third-order valence-electron chi connectivity index (χ3n) is 3.42. The summed E-state index contributed by atoms with van der Waals surface area (Å²) in [5.74, 6) is -0.547. The Balaban J connectivity index is 1.72. The molecular weight excluding hydrogens is 331 g/mol. The molecule has 0 saturated carbocycles. The van der Waals surface area contributed by atoms with Crippen molar-refractivity contribution in [1.29, 1.82) is 0 Å². The normalized spacial score (nSPS) is 11.8. The first-order valence-electron chi connectivity index (χ1n) is 7.30. The number of aromatic nitrogens is 1. The van der Waals surface area contributed by atoms with E-state index in [-0.39, 0.29) is 11.3 Å². The topological polar surface area (TPSA) is 54.4 Å². The van der Waals surface area contributed by atoms with Crippen LogP contribution in [0.1, 0.15) is 21.6 Å². The number of rotatable bonds is 3. The summed E-state index contributed by atoms with van der Waals surface area (Å²) < 4.78 is 37.9. The monoisotopic (exact) mass is 343 g/mol. The van der Waals surface area contributed by atoms with Gasteiger partial charge in [-0.2, -0.15) is 18.3 Å². The highest BCUT2D eigenvalue weighted by Crippen LogP contribution is 2.29. The summed E-state index contributed by atoms with van der Waals surface area (Å²) in [6.07, 6.45) is -3.28. The van der Waals surface area contributed by atoms with Crippen LogP contribution in [0.4, 0.5) is 13.2 Å². The smallest absolute Gasteiger partial charge is 0.266 e. The maximum atomic E-state index is 12.6. The van der Waals surface area contributed by atoms with Crippen molar-refractivity contribution >= 4 is 23.0 Å². The van der Waals surface area contributed by atoms with Crippen LogP contribution >= 0.6 is 0 Å². The van der Waals surface area contributed by atoms with Crippen LogP contribution in [0.25, 0.3) is 10.9 Å². The van der Waals surface area contributed by atoms with E-state index < -0.39 is 17.6 Å². The minimum atomic E-state index is -4.43. The van der Waals surface area contributed by atoms with Crippen LogP contribution in [-0.2, 0) is 6.18 Å². The number of pyridine rings is 1. The first kappa shape index (κ1) is 16.6. The molecule has 3 aromatic rings. The van der Waals surface area contributed by atoms with Crippen LogP contribution in [0.5, 0.6) is 0 Å². The van der Waals surface area contributed by atoms with Crippen LogP contribution in [0.3, 0.4) is 0 Å². The van der Waals surface area contributed by atoms with Crippen molar-refractivity contribution in [2.45, 2.75) is 6.18 Å². The molecule has 1 amide bonds. The molecule has 0 spiro atoms. The van der Waals surface area contributed by atoms with Gasteiger partial charge in [0.25, 0.3) is 5.91 Å². The molecule has 7 heteroatoms. The van der Waals surface area contributed by atoms with Crippen molar-refractivity contribution in [3.63, 3.8) is 0 Å². The number of nitrogens with zero attached hydrogens (tertiary/aromatic N) is 2. The number of nitrogens with one attached hydrogen (secondary N) is 1. The van der Waals surface area contributed by atoms with Gasteiger partial charge in [0, 0.05) is 5.39 Å². The number of carbonyl (C=O) groups is 1. The lowest BCUT2D eigenvalue weighted by molar-refractivity contribution is -0.137. The van der Waals surface area contributed by atoms with Gasteiger partial charge < -0.3 is 0 Å². The fourth-order valence-corrected chi connectivity index (χ4v) is 2.21. The van der Waals surface area contributed by atoms with Gasteiger partial charge in [-0.05, 0) is 29.8 Å². The molecule has 0 fully saturated rings. The first-order chi connectivity index (χ1) is 11.9. The Morgan fingerprint density at radius 1 is 1.04 bits per heavy atom. The molecule has 1 N–H and O–H groups in total. The molecule has 0 atom stereocenters. The molecule has 1 heterocycles. The Hall–Kier alpha value is -3.22. The van der Waals surface area contributed by atoms with Gasteiger partial charge >= 0.3 is 6.18 Å². The Labute approximate surface area is 141 Å². The number of benzene rings is 2. The van der Waals surface area contributed by atoms with Gasteiger partial charge in [-0.15, -0.1) is 0 Å². The van der Waals surface area contributed by atoms with Crippen LogP contribution in [0.2, 0.25) is 0 Å². The quantitative estimate of drug-likeness (QED) is 0.577. The highest BCUT2D eigenvalue weighted by Gasteiger charge is 2.30. The summed E-state index contributed by atoms with van der Waals surface area (Å²) in [7, 11) is 0. The number of hydrazone groups is 1. The van der Waals surface area contributed by atoms with Crippen molar-refractivity contribution in [3.05, 3.63) is 77.5 Å². The molecule has 1 aromatic heterocycles. The number of hydrogen-bond acceptors (Lipinski definition) is 3. The number of alkyl halides is 3. The molecule has 2 aromatic carbocycles. The van der Waals surface area contributed by atoms with Gasteiger partial charge in [0.15, 0.2) is 0 Å². The Kier molecular flexibility index (Phi) is 4.47. The summed E-state index contributed by atoms with van der Waals surface area (Å²) >= 11 is 0. The van der Waals surface area contributed by atoms with E-state index in [1.165, 1.54) is 12.1 Å². The van der Waals surface area contributed by atoms with Gasteiger partial charge in [0.2, 0.25) is 0 Å². The second-order valence-corrected chi connectivity index (χ2v) is 5.21. The number of fused-ring (bicyclic) bond motifs is 1. The molecule has 4 nitrogen and oxygen atoms in total. The fraction of sp³-hybridized carbons (Fsp3) is 0.0556. The summed E-state index contributed by atoms with van der Waals surface area (Å²) in [6, 6.07) is 15.3. The highest BCUT2D eigenvalue weighted by atomic mass is 19.4. The standard InChI is InChI=1S/C18H12F3N3O/c19-18(20,21)14-6-3-4-12(10-14)11-22-24-17(25)16-9-8-13-5-1-2-7-15(13)23-16/h1-11H,(H,24,25)/b22-11-. The van der Waals surface area contributed by atoms with Gasteiger partial charge in [-0.3, -0.25) is 4.79 Å². The summed E-state index contributed by atoms with van der Waals surface area (Å²) in [5.41, 5.74) is 2.53. The lowest BCUT2D eigenvalue weighted by Gasteiger charge is -2.06. The van der Waals surface area contributed by atoms with Crippen molar-refractivity contribution in [3.8, 4) is 0 Å². The molecule has 0 bridgehead atoms. The first-order valence-corrected chi connectivity index (χ1v) is 7.30. The maximum Gasteiger partial charge on any atom is 0.416 e. The van der Waals surface area contributed by atoms with E-state index in [4.69, 9.17) is 0 Å². The highest BCUT2D eigenvalue weighted by molar-refractivity contribution is 5.95. The second-order valence-electron chi connectivity index (χ2n) is 5.21. The lowest BCUT2D eigenvalue weighted by atomic mass is 10.1. The van der Waals surface area contributed by atoms with Gasteiger partial charge in [-0.25, -0.2) is 10.4 Å². The zero-order valence-electron chi connectivity index (χ0n) is 12.8.